The zero-order valence-electron chi connectivity index (χ0n) is 8.51. The van der Waals surface area contributed by atoms with E-state index in [1.807, 2.05) is 18.2 Å². The molecule has 0 aliphatic heterocycles. The molecule has 0 fully saturated rings. The number of methoxy groups -OCH3 is 1. The van der Waals surface area contributed by atoms with Crippen LogP contribution in [0.3, 0.4) is 0 Å². The lowest BCUT2D eigenvalue weighted by molar-refractivity contribution is 0.415. The molecule has 1 aromatic carbocycles. The molecule has 0 aliphatic rings. The quantitative estimate of drug-likeness (QED) is 0.841. The third-order valence-corrected chi connectivity index (χ3v) is 2.78. The lowest BCUT2D eigenvalue weighted by atomic mass is 10.1. The fourth-order valence-electron chi connectivity index (χ4n) is 1.72. The molecule has 0 spiro atoms. The summed E-state index contributed by atoms with van der Waals surface area (Å²) in [5.41, 5.74) is 7.61. The summed E-state index contributed by atoms with van der Waals surface area (Å²) >= 11 is 6.09. The average Bonchev–Trinajstić information content (AvgIpc) is 2.55. The smallest absolute Gasteiger partial charge is 0.120 e. The molecule has 0 saturated heterocycles. The molecule has 3 N–H and O–H groups in total. The Morgan fingerprint density at radius 1 is 1.47 bits per heavy atom. The highest BCUT2D eigenvalue weighted by Crippen LogP contribution is 2.29. The van der Waals surface area contributed by atoms with Gasteiger partial charge in [-0.3, -0.25) is 0 Å². The summed E-state index contributed by atoms with van der Waals surface area (Å²) in [6, 6.07) is 5.86. The number of nitrogens with two attached hydrogens (primary N) is 1. The van der Waals surface area contributed by atoms with Crippen LogP contribution in [0.15, 0.2) is 18.2 Å². The maximum Gasteiger partial charge on any atom is 0.120 e. The van der Waals surface area contributed by atoms with Gasteiger partial charge < -0.3 is 15.5 Å². The second kappa shape index (κ2) is 4.13. The number of benzene rings is 1. The van der Waals surface area contributed by atoms with Gasteiger partial charge in [0.1, 0.15) is 10.9 Å². The van der Waals surface area contributed by atoms with E-state index in [1.165, 1.54) is 0 Å². The van der Waals surface area contributed by atoms with Crippen LogP contribution in [-0.4, -0.2) is 18.6 Å². The molecule has 0 bridgehead atoms. The van der Waals surface area contributed by atoms with Crippen LogP contribution >= 0.6 is 11.6 Å². The van der Waals surface area contributed by atoms with E-state index < -0.39 is 0 Å². The monoisotopic (exact) mass is 224 g/mol. The molecular formula is C11H13ClN2O. The molecule has 0 amide bonds. The minimum absolute atomic E-state index is 0.596. The highest BCUT2D eigenvalue weighted by atomic mass is 35.5. The minimum Gasteiger partial charge on any atom is -0.497 e. The Hall–Kier alpha value is -1.19. The van der Waals surface area contributed by atoms with Gasteiger partial charge in [-0.05, 0) is 30.7 Å². The zero-order chi connectivity index (χ0) is 10.8. The normalized spacial score (nSPS) is 10.9. The first-order valence-electron chi connectivity index (χ1n) is 4.80. The van der Waals surface area contributed by atoms with E-state index in [-0.39, 0.29) is 0 Å². The molecule has 4 heteroatoms. The molecule has 0 radical (unpaired) electrons. The number of aromatic nitrogens is 1. The summed E-state index contributed by atoms with van der Waals surface area (Å²) < 4.78 is 5.14. The average molecular weight is 225 g/mol. The molecule has 80 valence electrons. The second-order valence-electron chi connectivity index (χ2n) is 3.37. The van der Waals surface area contributed by atoms with Crippen molar-refractivity contribution >= 4 is 22.5 Å². The highest BCUT2D eigenvalue weighted by molar-refractivity contribution is 6.31. The van der Waals surface area contributed by atoms with Crippen LogP contribution in [0.25, 0.3) is 10.9 Å². The predicted molar refractivity (Wildman–Crippen MR) is 62.6 cm³/mol. The van der Waals surface area contributed by atoms with Gasteiger partial charge >= 0.3 is 0 Å². The summed E-state index contributed by atoms with van der Waals surface area (Å²) in [5, 5.41) is 1.79. The van der Waals surface area contributed by atoms with E-state index in [4.69, 9.17) is 22.1 Å². The number of hydrogen-bond acceptors (Lipinski definition) is 2. The van der Waals surface area contributed by atoms with Crippen molar-refractivity contribution in [2.24, 2.45) is 5.73 Å². The summed E-state index contributed by atoms with van der Waals surface area (Å²) in [6.45, 7) is 0.596. The number of nitrogens with one attached hydrogen (secondary N) is 1. The number of halogens is 1. The van der Waals surface area contributed by atoms with Crippen molar-refractivity contribution in [1.82, 2.24) is 4.98 Å². The number of hydrogen-bond donors (Lipinski definition) is 2. The van der Waals surface area contributed by atoms with Crippen LogP contribution in [0, 0.1) is 0 Å². The van der Waals surface area contributed by atoms with Crippen molar-refractivity contribution in [3.05, 3.63) is 28.9 Å². The second-order valence-corrected chi connectivity index (χ2v) is 3.75. The Morgan fingerprint density at radius 2 is 2.27 bits per heavy atom. The molecular weight excluding hydrogens is 212 g/mol. The van der Waals surface area contributed by atoms with Gasteiger partial charge in [-0.15, -0.1) is 0 Å². The minimum atomic E-state index is 0.596. The van der Waals surface area contributed by atoms with Crippen molar-refractivity contribution < 1.29 is 4.74 Å². The van der Waals surface area contributed by atoms with Gasteiger partial charge in [0.05, 0.1) is 12.6 Å². The van der Waals surface area contributed by atoms with Crippen LogP contribution < -0.4 is 10.5 Å². The number of aromatic amines is 1. The lowest BCUT2D eigenvalue weighted by Crippen LogP contribution is -2.02. The molecule has 1 aromatic heterocycles. The topological polar surface area (TPSA) is 51.0 Å². The van der Waals surface area contributed by atoms with E-state index in [0.29, 0.717) is 11.7 Å². The summed E-state index contributed by atoms with van der Waals surface area (Å²) in [4.78, 5) is 3.12. The maximum absolute atomic E-state index is 6.09. The molecule has 0 atom stereocenters. The third-order valence-electron chi connectivity index (χ3n) is 2.46. The summed E-state index contributed by atoms with van der Waals surface area (Å²) in [7, 11) is 1.65. The van der Waals surface area contributed by atoms with Crippen molar-refractivity contribution in [2.45, 2.75) is 6.42 Å². The van der Waals surface area contributed by atoms with Gasteiger partial charge in [-0.1, -0.05) is 11.6 Å². The van der Waals surface area contributed by atoms with E-state index in [2.05, 4.69) is 4.98 Å². The zero-order valence-corrected chi connectivity index (χ0v) is 9.27. The molecule has 2 rings (SSSR count). The molecule has 0 unspecified atom stereocenters. The fourth-order valence-corrected chi connectivity index (χ4v) is 2.02. The number of rotatable bonds is 3. The standard InChI is InChI=1S/C11H13ClN2O/c1-15-7-2-3-8-9(4-5-13)11(12)14-10(8)6-7/h2-3,6,14H,4-5,13H2,1H3. The van der Waals surface area contributed by atoms with Gasteiger partial charge in [0.15, 0.2) is 0 Å². The SMILES string of the molecule is COc1ccc2c(CCN)c(Cl)[nH]c2c1. The van der Waals surface area contributed by atoms with Crippen LogP contribution in [0.1, 0.15) is 5.56 Å². The van der Waals surface area contributed by atoms with Gasteiger partial charge in [-0.25, -0.2) is 0 Å². The number of ether oxygens (including phenoxy) is 1. The highest BCUT2D eigenvalue weighted by Gasteiger charge is 2.09. The van der Waals surface area contributed by atoms with Crippen LogP contribution in [0.4, 0.5) is 0 Å². The van der Waals surface area contributed by atoms with Crippen molar-refractivity contribution in [3.8, 4) is 5.75 Å². The van der Waals surface area contributed by atoms with Gasteiger partial charge in [-0.2, -0.15) is 0 Å². The van der Waals surface area contributed by atoms with E-state index in [0.717, 1.165) is 28.6 Å². The number of fused-ring (bicyclic) bond motifs is 1. The molecule has 2 aromatic rings. The first-order valence-corrected chi connectivity index (χ1v) is 5.18. The Bertz CT molecular complexity index is 479. The largest absolute Gasteiger partial charge is 0.497 e. The Morgan fingerprint density at radius 3 is 2.93 bits per heavy atom. The first-order chi connectivity index (χ1) is 7.26. The van der Waals surface area contributed by atoms with E-state index in [1.54, 1.807) is 7.11 Å². The van der Waals surface area contributed by atoms with Gasteiger partial charge in [0, 0.05) is 11.5 Å². The van der Waals surface area contributed by atoms with E-state index >= 15 is 0 Å². The Kier molecular flexibility index (Phi) is 2.84. The van der Waals surface area contributed by atoms with Crippen LogP contribution in [-0.2, 0) is 6.42 Å². The molecule has 15 heavy (non-hydrogen) atoms. The van der Waals surface area contributed by atoms with E-state index in [9.17, 15) is 0 Å². The van der Waals surface area contributed by atoms with Crippen LogP contribution in [0.5, 0.6) is 5.75 Å². The first kappa shape index (κ1) is 10.3. The molecule has 3 nitrogen and oxygen atoms in total. The Labute approximate surface area is 93.2 Å². The maximum atomic E-state index is 6.09. The predicted octanol–water partition coefficient (Wildman–Crippen LogP) is 2.33. The molecule has 0 aliphatic carbocycles. The van der Waals surface area contributed by atoms with Crippen molar-refractivity contribution in [3.63, 3.8) is 0 Å². The summed E-state index contributed by atoms with van der Waals surface area (Å²) in [5.74, 6) is 0.819. The summed E-state index contributed by atoms with van der Waals surface area (Å²) in [6.07, 6.45) is 0.783. The fraction of sp³-hybridized carbons (Fsp3) is 0.273. The van der Waals surface area contributed by atoms with Gasteiger partial charge in [0.2, 0.25) is 0 Å². The lowest BCUT2D eigenvalue weighted by Gasteiger charge is -2.00. The molecule has 1 heterocycles. The molecule has 0 saturated carbocycles. The van der Waals surface area contributed by atoms with Gasteiger partial charge in [0.25, 0.3) is 0 Å². The Balaban J connectivity index is 2.58. The van der Waals surface area contributed by atoms with Crippen molar-refractivity contribution in [1.29, 1.82) is 0 Å². The third kappa shape index (κ3) is 1.80. The van der Waals surface area contributed by atoms with Crippen LogP contribution in [0.2, 0.25) is 5.15 Å². The number of H-pyrrole nitrogens is 1. The van der Waals surface area contributed by atoms with Crippen molar-refractivity contribution in [2.75, 3.05) is 13.7 Å².